The first-order valence-corrected chi connectivity index (χ1v) is 8.30. The molecule has 0 aromatic rings. The SMILES string of the molecule is CC#CCC(CC/C=C/C(=O)C(C)C)(C(=O)OCC)C(=O)OCC. The molecule has 0 saturated heterocycles. The van der Waals surface area contributed by atoms with Crippen molar-refractivity contribution < 1.29 is 23.9 Å². The van der Waals surface area contributed by atoms with Crippen LogP contribution in [0.3, 0.4) is 0 Å². The Hall–Kier alpha value is -2.09. The molecule has 0 spiro atoms. The Morgan fingerprint density at radius 2 is 1.62 bits per heavy atom. The molecule has 0 unspecified atom stereocenters. The summed E-state index contributed by atoms with van der Waals surface area (Å²) in [5.74, 6) is 4.15. The molecule has 0 fully saturated rings. The van der Waals surface area contributed by atoms with Crippen LogP contribution >= 0.6 is 0 Å². The van der Waals surface area contributed by atoms with Crippen LogP contribution in [0.15, 0.2) is 12.2 Å². The lowest BCUT2D eigenvalue weighted by Crippen LogP contribution is -2.42. The molecule has 5 nitrogen and oxygen atoms in total. The van der Waals surface area contributed by atoms with Gasteiger partial charge < -0.3 is 9.47 Å². The second-order valence-corrected chi connectivity index (χ2v) is 5.62. The highest BCUT2D eigenvalue weighted by molar-refractivity contribution is 6.00. The Labute approximate surface area is 144 Å². The highest BCUT2D eigenvalue weighted by Crippen LogP contribution is 2.32. The minimum atomic E-state index is -1.46. The van der Waals surface area contributed by atoms with Crippen molar-refractivity contribution in [1.82, 2.24) is 0 Å². The van der Waals surface area contributed by atoms with Crippen molar-refractivity contribution in [3.05, 3.63) is 12.2 Å². The van der Waals surface area contributed by atoms with E-state index in [2.05, 4.69) is 11.8 Å². The Kier molecular flexibility index (Phi) is 10.4. The van der Waals surface area contributed by atoms with E-state index in [1.807, 2.05) is 13.8 Å². The van der Waals surface area contributed by atoms with Crippen LogP contribution in [-0.2, 0) is 23.9 Å². The fourth-order valence-electron chi connectivity index (χ4n) is 2.02. The number of esters is 2. The zero-order valence-corrected chi connectivity index (χ0v) is 15.3. The van der Waals surface area contributed by atoms with Crippen molar-refractivity contribution in [1.29, 1.82) is 0 Å². The van der Waals surface area contributed by atoms with Crippen molar-refractivity contribution >= 4 is 17.7 Å². The zero-order valence-electron chi connectivity index (χ0n) is 15.3. The molecule has 0 rings (SSSR count). The van der Waals surface area contributed by atoms with Gasteiger partial charge in [-0.05, 0) is 39.7 Å². The lowest BCUT2D eigenvalue weighted by molar-refractivity contribution is -0.172. The molecule has 0 aliphatic carbocycles. The third-order valence-corrected chi connectivity index (χ3v) is 3.49. The first-order valence-electron chi connectivity index (χ1n) is 8.30. The van der Waals surface area contributed by atoms with Gasteiger partial charge in [0.2, 0.25) is 0 Å². The molecule has 0 amide bonds. The van der Waals surface area contributed by atoms with Crippen molar-refractivity contribution in [3.63, 3.8) is 0 Å². The Morgan fingerprint density at radius 1 is 1.08 bits per heavy atom. The monoisotopic (exact) mass is 336 g/mol. The molecule has 0 radical (unpaired) electrons. The summed E-state index contributed by atoms with van der Waals surface area (Å²) in [5, 5.41) is 0. The second kappa shape index (κ2) is 11.4. The number of carbonyl (C=O) groups excluding carboxylic acids is 3. The predicted octanol–water partition coefficient (Wildman–Crippen LogP) is 3.07. The summed E-state index contributed by atoms with van der Waals surface area (Å²) < 4.78 is 10.2. The number of rotatable bonds is 10. The second-order valence-electron chi connectivity index (χ2n) is 5.62. The maximum atomic E-state index is 12.4. The van der Waals surface area contributed by atoms with Gasteiger partial charge in [-0.2, -0.15) is 0 Å². The van der Waals surface area contributed by atoms with E-state index in [0.717, 1.165) is 0 Å². The third-order valence-electron chi connectivity index (χ3n) is 3.49. The van der Waals surface area contributed by atoms with Crippen LogP contribution in [0.5, 0.6) is 0 Å². The molecular formula is C19H28O5. The van der Waals surface area contributed by atoms with E-state index >= 15 is 0 Å². The number of ketones is 1. The minimum absolute atomic E-state index is 0.00113. The van der Waals surface area contributed by atoms with Gasteiger partial charge in [0, 0.05) is 12.3 Å². The fourth-order valence-corrected chi connectivity index (χ4v) is 2.02. The smallest absolute Gasteiger partial charge is 0.324 e. The summed E-state index contributed by atoms with van der Waals surface area (Å²) in [6.07, 6.45) is 3.75. The van der Waals surface area contributed by atoms with Gasteiger partial charge in [-0.25, -0.2) is 0 Å². The predicted molar refractivity (Wildman–Crippen MR) is 92.0 cm³/mol. The van der Waals surface area contributed by atoms with Crippen molar-refractivity contribution in [2.75, 3.05) is 13.2 Å². The van der Waals surface area contributed by atoms with Gasteiger partial charge in [0.1, 0.15) is 0 Å². The quantitative estimate of drug-likeness (QED) is 0.265. The molecule has 0 atom stereocenters. The number of hydrogen-bond donors (Lipinski definition) is 0. The van der Waals surface area contributed by atoms with Crippen molar-refractivity contribution in [2.24, 2.45) is 11.3 Å². The summed E-state index contributed by atoms with van der Waals surface area (Å²) in [4.78, 5) is 36.5. The van der Waals surface area contributed by atoms with E-state index in [-0.39, 0.29) is 37.8 Å². The van der Waals surface area contributed by atoms with Gasteiger partial charge in [-0.15, -0.1) is 11.8 Å². The lowest BCUT2D eigenvalue weighted by atomic mass is 9.80. The van der Waals surface area contributed by atoms with E-state index in [1.54, 1.807) is 26.8 Å². The molecule has 5 heteroatoms. The van der Waals surface area contributed by atoms with E-state index in [0.29, 0.717) is 6.42 Å². The van der Waals surface area contributed by atoms with E-state index in [4.69, 9.17) is 9.47 Å². The van der Waals surface area contributed by atoms with Gasteiger partial charge in [0.25, 0.3) is 0 Å². The fraction of sp³-hybridized carbons (Fsp3) is 0.632. The average Bonchev–Trinajstić information content (AvgIpc) is 2.54. The third kappa shape index (κ3) is 6.57. The van der Waals surface area contributed by atoms with Gasteiger partial charge in [0.05, 0.1) is 13.2 Å². The first kappa shape index (κ1) is 21.9. The number of carbonyl (C=O) groups is 3. The summed E-state index contributed by atoms with van der Waals surface area (Å²) >= 11 is 0. The van der Waals surface area contributed by atoms with Crippen LogP contribution in [0.4, 0.5) is 0 Å². The lowest BCUT2D eigenvalue weighted by Gasteiger charge is -2.27. The van der Waals surface area contributed by atoms with E-state index in [9.17, 15) is 14.4 Å². The highest BCUT2D eigenvalue weighted by Gasteiger charge is 2.47. The normalized spacial score (nSPS) is 11.1. The molecule has 0 aromatic heterocycles. The minimum Gasteiger partial charge on any atom is -0.465 e. The standard InChI is InChI=1S/C19H28O5/c1-6-9-13-19(17(21)23-7-2,18(22)24-8-3)14-11-10-12-16(20)15(4)5/h10,12,15H,7-8,11,13-14H2,1-5H3/b12-10+. The summed E-state index contributed by atoms with van der Waals surface area (Å²) in [6, 6.07) is 0. The number of ether oxygens (including phenoxy) is 2. The Morgan fingerprint density at radius 3 is 2.04 bits per heavy atom. The topological polar surface area (TPSA) is 69.7 Å². The summed E-state index contributed by atoms with van der Waals surface area (Å²) in [5.41, 5.74) is -1.46. The Bertz CT molecular complexity index is 502. The van der Waals surface area contributed by atoms with Gasteiger partial charge >= 0.3 is 11.9 Å². The van der Waals surface area contributed by atoms with Gasteiger partial charge in [0.15, 0.2) is 11.2 Å². The average molecular weight is 336 g/mol. The molecule has 0 heterocycles. The zero-order chi connectivity index (χ0) is 18.6. The van der Waals surface area contributed by atoms with Crippen LogP contribution in [-0.4, -0.2) is 30.9 Å². The molecule has 0 saturated carbocycles. The molecule has 134 valence electrons. The van der Waals surface area contributed by atoms with Crippen LogP contribution in [0.1, 0.15) is 53.9 Å². The molecule has 0 aliphatic heterocycles. The van der Waals surface area contributed by atoms with Crippen LogP contribution in [0.2, 0.25) is 0 Å². The molecule has 0 N–H and O–H groups in total. The molecule has 24 heavy (non-hydrogen) atoms. The molecular weight excluding hydrogens is 308 g/mol. The highest BCUT2D eigenvalue weighted by atomic mass is 16.6. The van der Waals surface area contributed by atoms with Crippen molar-refractivity contribution in [2.45, 2.75) is 53.9 Å². The molecule has 0 aromatic carbocycles. The number of allylic oxidation sites excluding steroid dienone is 2. The Balaban J connectivity index is 5.38. The maximum Gasteiger partial charge on any atom is 0.324 e. The maximum absolute atomic E-state index is 12.4. The van der Waals surface area contributed by atoms with E-state index < -0.39 is 17.4 Å². The van der Waals surface area contributed by atoms with E-state index in [1.165, 1.54) is 6.08 Å². The van der Waals surface area contributed by atoms with Gasteiger partial charge in [-0.1, -0.05) is 19.9 Å². The van der Waals surface area contributed by atoms with Crippen molar-refractivity contribution in [3.8, 4) is 11.8 Å². The van der Waals surface area contributed by atoms with Crippen LogP contribution in [0.25, 0.3) is 0 Å². The van der Waals surface area contributed by atoms with Crippen LogP contribution in [0, 0.1) is 23.2 Å². The number of hydrogen-bond acceptors (Lipinski definition) is 5. The first-order chi connectivity index (χ1) is 11.4. The summed E-state index contributed by atoms with van der Waals surface area (Å²) in [7, 11) is 0. The van der Waals surface area contributed by atoms with Gasteiger partial charge in [-0.3, -0.25) is 14.4 Å². The summed E-state index contributed by atoms with van der Waals surface area (Å²) in [6.45, 7) is 8.96. The largest absolute Gasteiger partial charge is 0.465 e. The van der Waals surface area contributed by atoms with Crippen LogP contribution < -0.4 is 0 Å². The molecule has 0 bridgehead atoms. The molecule has 0 aliphatic rings.